The lowest BCUT2D eigenvalue weighted by Gasteiger charge is -2.23. The highest BCUT2D eigenvalue weighted by Gasteiger charge is 2.35. The van der Waals surface area contributed by atoms with Crippen molar-refractivity contribution in [1.29, 1.82) is 0 Å². The zero-order valence-electron chi connectivity index (χ0n) is 15.1. The third-order valence-corrected chi connectivity index (χ3v) is 7.00. The number of carbonyl (C=O) groups is 2. The number of amides is 1. The fourth-order valence-corrected chi connectivity index (χ4v) is 5.34. The molecule has 2 aliphatic heterocycles. The van der Waals surface area contributed by atoms with E-state index in [4.69, 9.17) is 0 Å². The van der Waals surface area contributed by atoms with Gasteiger partial charge in [0.1, 0.15) is 0 Å². The quantitative estimate of drug-likeness (QED) is 0.677. The number of hydrogen-bond donors (Lipinski definition) is 2. The molecule has 0 saturated carbocycles. The highest BCUT2D eigenvalue weighted by Crippen LogP contribution is 2.34. The summed E-state index contributed by atoms with van der Waals surface area (Å²) in [5.41, 5.74) is 0.530. The van der Waals surface area contributed by atoms with Gasteiger partial charge in [-0.25, -0.2) is 8.42 Å². The highest BCUT2D eigenvalue weighted by atomic mass is 35.5. The Morgan fingerprint density at radius 2 is 1.86 bits per heavy atom. The first-order chi connectivity index (χ1) is 13.0. The van der Waals surface area contributed by atoms with Crippen molar-refractivity contribution in [1.82, 2.24) is 10.6 Å². The summed E-state index contributed by atoms with van der Waals surface area (Å²) in [6.45, 7) is 2.41. The average Bonchev–Trinajstić information content (AvgIpc) is 2.71. The second-order valence-electron chi connectivity index (χ2n) is 6.96. The van der Waals surface area contributed by atoms with Crippen LogP contribution in [0.15, 0.2) is 52.3 Å². The van der Waals surface area contributed by atoms with E-state index in [0.29, 0.717) is 12.5 Å². The molecule has 28 heavy (non-hydrogen) atoms. The maximum atomic E-state index is 12.9. The maximum Gasteiger partial charge on any atom is 0.251 e. The Bertz CT molecular complexity index is 1030. The van der Waals surface area contributed by atoms with Crippen LogP contribution in [-0.4, -0.2) is 39.7 Å². The molecule has 1 unspecified atom stereocenters. The zero-order valence-corrected chi connectivity index (χ0v) is 16.7. The Labute approximate surface area is 170 Å². The highest BCUT2D eigenvalue weighted by molar-refractivity contribution is 7.91. The van der Waals surface area contributed by atoms with Crippen molar-refractivity contribution in [2.24, 2.45) is 5.92 Å². The molecule has 1 saturated heterocycles. The molecule has 0 spiro atoms. The number of rotatable bonds is 3. The van der Waals surface area contributed by atoms with Crippen molar-refractivity contribution >= 4 is 33.9 Å². The van der Waals surface area contributed by atoms with Gasteiger partial charge in [-0.15, -0.1) is 12.4 Å². The molecule has 1 amide bonds. The van der Waals surface area contributed by atoms with E-state index >= 15 is 0 Å². The fraction of sp³-hybridized carbons (Fsp3) is 0.300. The minimum absolute atomic E-state index is 0. The van der Waals surface area contributed by atoms with Crippen molar-refractivity contribution in [2.75, 3.05) is 19.6 Å². The number of carbonyl (C=O) groups excluding carboxylic acids is 2. The second kappa shape index (κ2) is 8.03. The first-order valence-electron chi connectivity index (χ1n) is 9.00. The van der Waals surface area contributed by atoms with Crippen LogP contribution in [0.2, 0.25) is 0 Å². The van der Waals surface area contributed by atoms with Crippen LogP contribution in [0.25, 0.3) is 0 Å². The van der Waals surface area contributed by atoms with Crippen molar-refractivity contribution in [3.63, 3.8) is 0 Å². The molecule has 2 N–H and O–H groups in total. The van der Waals surface area contributed by atoms with Gasteiger partial charge in [0.2, 0.25) is 9.84 Å². The molecule has 0 radical (unpaired) electrons. The van der Waals surface area contributed by atoms with Gasteiger partial charge in [0.25, 0.3) is 5.91 Å². The summed E-state index contributed by atoms with van der Waals surface area (Å²) in [5, 5.41) is 6.17. The van der Waals surface area contributed by atoms with Crippen molar-refractivity contribution in [3.8, 4) is 0 Å². The van der Waals surface area contributed by atoms with E-state index in [2.05, 4.69) is 10.6 Å². The predicted molar refractivity (Wildman–Crippen MR) is 107 cm³/mol. The minimum atomic E-state index is -3.84. The molecule has 2 aromatic rings. The van der Waals surface area contributed by atoms with Crippen LogP contribution >= 0.6 is 12.4 Å². The van der Waals surface area contributed by atoms with Gasteiger partial charge >= 0.3 is 0 Å². The monoisotopic (exact) mass is 420 g/mol. The number of fused-ring (bicyclic) bond motifs is 2. The van der Waals surface area contributed by atoms with E-state index < -0.39 is 9.84 Å². The Hall–Kier alpha value is -2.22. The fourth-order valence-electron chi connectivity index (χ4n) is 3.66. The molecule has 8 heteroatoms. The maximum absolute atomic E-state index is 12.9. The van der Waals surface area contributed by atoms with Crippen LogP contribution in [0, 0.1) is 5.92 Å². The number of hydrogen-bond acceptors (Lipinski definition) is 5. The van der Waals surface area contributed by atoms with Crippen molar-refractivity contribution < 1.29 is 18.0 Å². The largest absolute Gasteiger partial charge is 0.352 e. The third-order valence-electron chi connectivity index (χ3n) is 5.15. The van der Waals surface area contributed by atoms with Crippen molar-refractivity contribution in [3.05, 3.63) is 59.2 Å². The summed E-state index contributed by atoms with van der Waals surface area (Å²) in [7, 11) is -3.84. The van der Waals surface area contributed by atoms with Crippen LogP contribution in [0.4, 0.5) is 0 Å². The Morgan fingerprint density at radius 1 is 1.11 bits per heavy atom. The molecule has 6 nitrogen and oxygen atoms in total. The van der Waals surface area contributed by atoms with Gasteiger partial charge in [-0.2, -0.15) is 0 Å². The van der Waals surface area contributed by atoms with E-state index in [1.165, 1.54) is 30.3 Å². The second-order valence-corrected chi connectivity index (χ2v) is 8.85. The Kier molecular flexibility index (Phi) is 5.88. The first-order valence-corrected chi connectivity index (χ1v) is 10.5. The number of piperidine rings is 1. The molecular formula is C20H21ClN2O4S. The molecule has 0 aliphatic carbocycles. The van der Waals surface area contributed by atoms with Gasteiger partial charge in [0, 0.05) is 23.2 Å². The molecule has 4 rings (SSSR count). The summed E-state index contributed by atoms with van der Waals surface area (Å²) >= 11 is 0. The minimum Gasteiger partial charge on any atom is -0.352 e. The van der Waals surface area contributed by atoms with Gasteiger partial charge in [-0.05, 0) is 62.2 Å². The van der Waals surface area contributed by atoms with Crippen LogP contribution in [0.5, 0.6) is 0 Å². The summed E-state index contributed by atoms with van der Waals surface area (Å²) in [6.07, 6.45) is 2.14. The van der Waals surface area contributed by atoms with E-state index in [0.717, 1.165) is 25.9 Å². The first kappa shape index (κ1) is 20.5. The predicted octanol–water partition coefficient (Wildman–Crippen LogP) is 2.22. The lowest BCUT2D eigenvalue weighted by Crippen LogP contribution is -2.38. The van der Waals surface area contributed by atoms with Gasteiger partial charge in [-0.3, -0.25) is 9.59 Å². The molecule has 2 aliphatic rings. The Morgan fingerprint density at radius 3 is 2.61 bits per heavy atom. The van der Waals surface area contributed by atoms with Crippen LogP contribution in [0.1, 0.15) is 39.1 Å². The molecule has 1 atom stereocenters. The lowest BCUT2D eigenvalue weighted by atomic mass is 9.99. The van der Waals surface area contributed by atoms with E-state index in [1.807, 2.05) is 0 Å². The van der Waals surface area contributed by atoms with E-state index in [-0.39, 0.29) is 50.6 Å². The van der Waals surface area contributed by atoms with Gasteiger partial charge in [0.05, 0.1) is 9.79 Å². The van der Waals surface area contributed by atoms with Gasteiger partial charge in [0.15, 0.2) is 5.78 Å². The number of benzene rings is 2. The number of halogens is 1. The van der Waals surface area contributed by atoms with Crippen LogP contribution in [0.3, 0.4) is 0 Å². The van der Waals surface area contributed by atoms with Gasteiger partial charge < -0.3 is 10.6 Å². The van der Waals surface area contributed by atoms with E-state index in [9.17, 15) is 18.0 Å². The molecule has 2 heterocycles. The number of nitrogens with one attached hydrogen (secondary N) is 2. The molecule has 1 fully saturated rings. The smallest absolute Gasteiger partial charge is 0.251 e. The third kappa shape index (κ3) is 3.57. The normalized spacial score (nSPS) is 19.7. The topological polar surface area (TPSA) is 92.3 Å². The Balaban J connectivity index is 0.00000225. The standard InChI is InChI=1S/C20H20N2O4S.ClH/c23-19-15-5-1-2-6-17(15)27(25,26)18-10-14(7-8-16(18)19)20(24)22-12-13-4-3-9-21-11-13;/h1-2,5-8,10,13,21H,3-4,9,11-12H2,(H,22,24);1H. The summed E-state index contributed by atoms with van der Waals surface area (Å²) in [5.74, 6) is -0.293. The van der Waals surface area contributed by atoms with Crippen LogP contribution < -0.4 is 10.6 Å². The van der Waals surface area contributed by atoms with E-state index in [1.54, 1.807) is 12.1 Å². The average molecular weight is 421 g/mol. The molecular weight excluding hydrogens is 400 g/mol. The summed E-state index contributed by atoms with van der Waals surface area (Å²) < 4.78 is 25.9. The van der Waals surface area contributed by atoms with Crippen molar-refractivity contribution in [2.45, 2.75) is 22.6 Å². The SMILES string of the molecule is Cl.O=C(NCC1CCCNC1)c1ccc2c(c1)S(=O)(=O)c1ccccc1C2=O. The van der Waals surface area contributed by atoms with Gasteiger partial charge in [-0.1, -0.05) is 12.1 Å². The molecule has 0 aromatic heterocycles. The number of ketones is 1. The molecule has 148 valence electrons. The number of sulfone groups is 1. The van der Waals surface area contributed by atoms with Crippen LogP contribution in [-0.2, 0) is 9.84 Å². The summed E-state index contributed by atoms with van der Waals surface area (Å²) in [6, 6.07) is 10.4. The molecule has 0 bridgehead atoms. The summed E-state index contributed by atoms with van der Waals surface area (Å²) in [4.78, 5) is 25.0. The molecule has 2 aromatic carbocycles. The zero-order chi connectivity index (χ0) is 19.0. The lowest BCUT2D eigenvalue weighted by molar-refractivity contribution is 0.0943.